The number of para-hydroxylation sites is 1. The maximum absolute atomic E-state index is 5.73. The van der Waals surface area contributed by atoms with E-state index < -0.39 is 0 Å². The van der Waals surface area contributed by atoms with Crippen molar-refractivity contribution in [2.24, 2.45) is 4.99 Å². The van der Waals surface area contributed by atoms with E-state index in [9.17, 15) is 0 Å². The topological polar surface area (TPSA) is 49.3 Å². The van der Waals surface area contributed by atoms with Crippen LogP contribution < -0.4 is 10.1 Å². The molecule has 1 saturated carbocycles. The zero-order valence-electron chi connectivity index (χ0n) is 18.7. The molecule has 4 rings (SSSR count). The van der Waals surface area contributed by atoms with Gasteiger partial charge in [-0.05, 0) is 32.3 Å². The second kappa shape index (κ2) is 10.0. The molecular weight excluding hydrogens is 376 g/mol. The van der Waals surface area contributed by atoms with E-state index in [4.69, 9.17) is 14.5 Å². The van der Waals surface area contributed by atoms with Crippen molar-refractivity contribution in [1.82, 2.24) is 15.1 Å². The third-order valence-electron chi connectivity index (χ3n) is 7.13. The fourth-order valence-corrected chi connectivity index (χ4v) is 5.47. The number of aliphatic imine (C=N–C) groups is 1. The summed E-state index contributed by atoms with van der Waals surface area (Å²) in [6.07, 6.45) is 6.13. The molecule has 6 heteroatoms. The summed E-state index contributed by atoms with van der Waals surface area (Å²) in [4.78, 5) is 10.3. The van der Waals surface area contributed by atoms with Crippen LogP contribution in [-0.2, 0) is 10.2 Å². The number of morpholine rings is 1. The molecule has 3 fully saturated rings. The summed E-state index contributed by atoms with van der Waals surface area (Å²) >= 11 is 0. The Hall–Kier alpha value is -1.79. The lowest BCUT2D eigenvalue weighted by atomic mass is 9.78. The first-order valence-corrected chi connectivity index (χ1v) is 11.7. The molecule has 1 unspecified atom stereocenters. The van der Waals surface area contributed by atoms with Crippen molar-refractivity contribution in [3.05, 3.63) is 29.8 Å². The average Bonchev–Trinajstić information content (AvgIpc) is 3.48. The van der Waals surface area contributed by atoms with Gasteiger partial charge in [0.25, 0.3) is 0 Å². The average molecular weight is 415 g/mol. The molecule has 0 aromatic heterocycles. The molecule has 6 nitrogen and oxygen atoms in total. The lowest BCUT2D eigenvalue weighted by Crippen LogP contribution is -2.47. The number of methoxy groups -OCH3 is 1. The Morgan fingerprint density at radius 3 is 2.70 bits per heavy atom. The molecule has 2 aliphatic heterocycles. The van der Waals surface area contributed by atoms with Crippen molar-refractivity contribution in [2.45, 2.75) is 50.5 Å². The highest BCUT2D eigenvalue weighted by Gasteiger charge is 2.38. The monoisotopic (exact) mass is 414 g/mol. The van der Waals surface area contributed by atoms with Crippen molar-refractivity contribution >= 4 is 5.96 Å². The van der Waals surface area contributed by atoms with E-state index in [0.717, 1.165) is 64.2 Å². The molecule has 0 radical (unpaired) electrons. The second-order valence-electron chi connectivity index (χ2n) is 8.89. The molecule has 30 heavy (non-hydrogen) atoms. The van der Waals surface area contributed by atoms with E-state index >= 15 is 0 Å². The molecule has 1 aromatic carbocycles. The number of hydrogen-bond donors (Lipinski definition) is 1. The van der Waals surface area contributed by atoms with Gasteiger partial charge in [-0.25, -0.2) is 0 Å². The molecule has 2 saturated heterocycles. The minimum absolute atomic E-state index is 0.0939. The number of nitrogens with one attached hydrogen (secondary N) is 1. The largest absolute Gasteiger partial charge is 0.496 e. The number of benzene rings is 1. The van der Waals surface area contributed by atoms with Gasteiger partial charge in [0.15, 0.2) is 5.96 Å². The first-order valence-electron chi connectivity index (χ1n) is 11.7. The number of guanidine groups is 1. The van der Waals surface area contributed by atoms with Crippen LogP contribution in [0.15, 0.2) is 29.3 Å². The highest BCUT2D eigenvalue weighted by atomic mass is 16.5. The van der Waals surface area contributed by atoms with Crippen LogP contribution in [0.3, 0.4) is 0 Å². The van der Waals surface area contributed by atoms with Gasteiger partial charge < -0.3 is 19.7 Å². The summed E-state index contributed by atoms with van der Waals surface area (Å²) in [5.74, 6) is 2.09. The van der Waals surface area contributed by atoms with Crippen LogP contribution in [0.2, 0.25) is 0 Å². The van der Waals surface area contributed by atoms with E-state index in [1.807, 2.05) is 0 Å². The first kappa shape index (κ1) is 21.4. The third kappa shape index (κ3) is 4.59. The van der Waals surface area contributed by atoms with Gasteiger partial charge in [0, 0.05) is 49.7 Å². The van der Waals surface area contributed by atoms with Crippen LogP contribution in [0.25, 0.3) is 0 Å². The molecule has 1 N–H and O–H groups in total. The fraction of sp³-hybridized carbons (Fsp3) is 0.708. The Morgan fingerprint density at radius 1 is 1.20 bits per heavy atom. The Labute approximate surface area is 181 Å². The van der Waals surface area contributed by atoms with E-state index in [-0.39, 0.29) is 5.41 Å². The lowest BCUT2D eigenvalue weighted by molar-refractivity contribution is 0.0195. The summed E-state index contributed by atoms with van der Waals surface area (Å²) in [6, 6.07) is 9.16. The van der Waals surface area contributed by atoms with Gasteiger partial charge in [-0.2, -0.15) is 0 Å². The highest BCUT2D eigenvalue weighted by molar-refractivity contribution is 5.80. The Kier molecular flexibility index (Phi) is 7.16. The molecule has 1 aromatic rings. The molecule has 0 amide bonds. The maximum atomic E-state index is 5.73. The highest BCUT2D eigenvalue weighted by Crippen LogP contribution is 2.45. The summed E-state index contributed by atoms with van der Waals surface area (Å²) < 4.78 is 11.3. The van der Waals surface area contributed by atoms with Crippen LogP contribution in [0.4, 0.5) is 0 Å². The lowest BCUT2D eigenvalue weighted by Gasteiger charge is -2.33. The van der Waals surface area contributed by atoms with Crippen molar-refractivity contribution in [3.8, 4) is 5.75 Å². The summed E-state index contributed by atoms with van der Waals surface area (Å²) in [5.41, 5.74) is 1.42. The van der Waals surface area contributed by atoms with E-state index in [2.05, 4.69) is 46.3 Å². The van der Waals surface area contributed by atoms with E-state index in [1.165, 1.54) is 37.7 Å². The van der Waals surface area contributed by atoms with Crippen LogP contribution in [-0.4, -0.2) is 81.4 Å². The normalized spacial score (nSPS) is 24.9. The van der Waals surface area contributed by atoms with Gasteiger partial charge in [0.05, 0.1) is 26.9 Å². The number of ether oxygens (including phenoxy) is 2. The zero-order chi connectivity index (χ0) is 20.8. The summed E-state index contributed by atoms with van der Waals surface area (Å²) in [6.45, 7) is 9.89. The van der Waals surface area contributed by atoms with Crippen LogP contribution in [0.5, 0.6) is 5.75 Å². The molecule has 3 aliphatic rings. The minimum Gasteiger partial charge on any atom is -0.496 e. The quantitative estimate of drug-likeness (QED) is 0.573. The number of likely N-dealkylation sites (tertiary alicyclic amines) is 1. The van der Waals surface area contributed by atoms with Crippen molar-refractivity contribution in [3.63, 3.8) is 0 Å². The Morgan fingerprint density at radius 2 is 1.97 bits per heavy atom. The second-order valence-corrected chi connectivity index (χ2v) is 8.89. The van der Waals surface area contributed by atoms with Gasteiger partial charge in [-0.1, -0.05) is 31.0 Å². The van der Waals surface area contributed by atoms with Crippen molar-refractivity contribution in [2.75, 3.05) is 59.6 Å². The fourth-order valence-electron chi connectivity index (χ4n) is 5.47. The number of rotatable bonds is 6. The van der Waals surface area contributed by atoms with Gasteiger partial charge >= 0.3 is 0 Å². The number of hydrogen-bond acceptors (Lipinski definition) is 4. The van der Waals surface area contributed by atoms with E-state index in [0.29, 0.717) is 6.04 Å². The zero-order valence-corrected chi connectivity index (χ0v) is 18.7. The molecule has 0 bridgehead atoms. The molecule has 0 spiro atoms. The maximum Gasteiger partial charge on any atom is 0.193 e. The van der Waals surface area contributed by atoms with Gasteiger partial charge in [-0.3, -0.25) is 9.89 Å². The molecule has 2 heterocycles. The van der Waals surface area contributed by atoms with Crippen LogP contribution in [0.1, 0.15) is 44.6 Å². The molecule has 166 valence electrons. The van der Waals surface area contributed by atoms with Gasteiger partial charge in [0.2, 0.25) is 0 Å². The predicted octanol–water partition coefficient (Wildman–Crippen LogP) is 2.88. The van der Waals surface area contributed by atoms with Gasteiger partial charge in [-0.15, -0.1) is 0 Å². The summed E-state index contributed by atoms with van der Waals surface area (Å²) in [7, 11) is 1.78. The molecule has 1 atom stereocenters. The molecular formula is C24H38N4O2. The van der Waals surface area contributed by atoms with E-state index in [1.54, 1.807) is 7.11 Å². The first-order chi connectivity index (χ1) is 14.8. The van der Waals surface area contributed by atoms with Crippen LogP contribution in [0, 0.1) is 0 Å². The van der Waals surface area contributed by atoms with Crippen molar-refractivity contribution in [1.29, 1.82) is 0 Å². The standard InChI is InChI=1S/C24H38N4O2/c1-3-25-23(28-13-10-20(18-28)27-14-16-30-17-15-27)26-19-24(11-6-7-12-24)21-8-4-5-9-22(21)29-2/h4-5,8-9,20H,3,6-7,10-19H2,1-2H3,(H,25,26). The minimum atomic E-state index is 0.0939. The number of nitrogens with zero attached hydrogens (tertiary/aromatic N) is 3. The van der Waals surface area contributed by atoms with Crippen LogP contribution >= 0.6 is 0 Å². The third-order valence-corrected chi connectivity index (χ3v) is 7.13. The Bertz CT molecular complexity index is 711. The molecule has 1 aliphatic carbocycles. The SMILES string of the molecule is CCNC(=NCC1(c2ccccc2OC)CCCC1)N1CCC(N2CCOCC2)C1. The van der Waals surface area contributed by atoms with Crippen molar-refractivity contribution < 1.29 is 9.47 Å². The Balaban J connectivity index is 1.50. The summed E-state index contributed by atoms with van der Waals surface area (Å²) in [5, 5.41) is 3.57. The predicted molar refractivity (Wildman–Crippen MR) is 121 cm³/mol. The smallest absolute Gasteiger partial charge is 0.193 e. The van der Waals surface area contributed by atoms with Gasteiger partial charge in [0.1, 0.15) is 5.75 Å².